The van der Waals surface area contributed by atoms with E-state index < -0.39 is 0 Å². The molecule has 0 fully saturated rings. The van der Waals surface area contributed by atoms with Crippen LogP contribution in [0.15, 0.2) is 10.7 Å². The number of rotatable bonds is 7. The van der Waals surface area contributed by atoms with E-state index in [-0.39, 0.29) is 0 Å². The maximum Gasteiger partial charge on any atom is 0.0635 e. The molecule has 1 aromatic heterocycles. The van der Waals surface area contributed by atoms with Gasteiger partial charge < -0.3 is 0 Å². The lowest BCUT2D eigenvalue weighted by Crippen LogP contribution is -2.07. The van der Waals surface area contributed by atoms with E-state index in [4.69, 9.17) is 11.6 Å². The second-order valence-corrected chi connectivity index (χ2v) is 5.56. The SMILES string of the molecule is CCCC(Cl)CCc1c(Br)cnn1CCC. The summed E-state index contributed by atoms with van der Waals surface area (Å²) in [6, 6.07) is 0. The lowest BCUT2D eigenvalue weighted by Gasteiger charge is -2.10. The van der Waals surface area contributed by atoms with E-state index >= 15 is 0 Å². The van der Waals surface area contributed by atoms with Crippen LogP contribution >= 0.6 is 27.5 Å². The van der Waals surface area contributed by atoms with Crippen LogP contribution < -0.4 is 0 Å². The summed E-state index contributed by atoms with van der Waals surface area (Å²) in [5.74, 6) is 0. The van der Waals surface area contributed by atoms with Crippen molar-refractivity contribution in [1.82, 2.24) is 9.78 Å². The summed E-state index contributed by atoms with van der Waals surface area (Å²) < 4.78 is 3.20. The number of halogens is 2. The van der Waals surface area contributed by atoms with E-state index in [9.17, 15) is 0 Å². The van der Waals surface area contributed by atoms with Gasteiger partial charge in [0, 0.05) is 11.9 Å². The van der Waals surface area contributed by atoms with Crippen molar-refractivity contribution in [1.29, 1.82) is 0 Å². The number of hydrogen-bond acceptors (Lipinski definition) is 1. The standard InChI is InChI=1S/C12H20BrClN2/c1-3-5-10(14)6-7-12-11(13)9-15-16(12)8-4-2/h9-10H,3-8H2,1-2H3. The molecule has 0 aliphatic heterocycles. The fourth-order valence-corrected chi connectivity index (χ4v) is 2.61. The van der Waals surface area contributed by atoms with Gasteiger partial charge in [0.1, 0.15) is 0 Å². The summed E-state index contributed by atoms with van der Waals surface area (Å²) >= 11 is 9.78. The summed E-state index contributed by atoms with van der Waals surface area (Å²) in [5, 5.41) is 4.65. The highest BCUT2D eigenvalue weighted by Crippen LogP contribution is 2.21. The second-order valence-electron chi connectivity index (χ2n) is 4.09. The molecule has 92 valence electrons. The quantitative estimate of drug-likeness (QED) is 0.683. The molecule has 0 aromatic carbocycles. The Morgan fingerprint density at radius 3 is 2.75 bits per heavy atom. The van der Waals surface area contributed by atoms with Gasteiger partial charge in [-0.3, -0.25) is 4.68 Å². The molecule has 0 N–H and O–H groups in total. The van der Waals surface area contributed by atoms with Gasteiger partial charge in [0.25, 0.3) is 0 Å². The molecule has 0 saturated heterocycles. The van der Waals surface area contributed by atoms with Crippen LogP contribution in [0.4, 0.5) is 0 Å². The van der Waals surface area contributed by atoms with Crippen LogP contribution in [0.5, 0.6) is 0 Å². The minimum absolute atomic E-state index is 0.293. The van der Waals surface area contributed by atoms with Gasteiger partial charge in [-0.15, -0.1) is 11.6 Å². The largest absolute Gasteiger partial charge is 0.268 e. The number of aryl methyl sites for hydroxylation is 1. The van der Waals surface area contributed by atoms with Gasteiger partial charge in [-0.2, -0.15) is 5.10 Å². The van der Waals surface area contributed by atoms with Gasteiger partial charge in [-0.1, -0.05) is 20.3 Å². The molecule has 16 heavy (non-hydrogen) atoms. The first-order chi connectivity index (χ1) is 7.69. The fourth-order valence-electron chi connectivity index (χ4n) is 1.79. The van der Waals surface area contributed by atoms with Gasteiger partial charge in [0.15, 0.2) is 0 Å². The molecule has 0 saturated carbocycles. The number of hydrogen-bond donors (Lipinski definition) is 0. The van der Waals surface area contributed by atoms with Crippen LogP contribution in [0.25, 0.3) is 0 Å². The van der Waals surface area contributed by atoms with Gasteiger partial charge in [-0.05, 0) is 41.6 Å². The molecular weight excluding hydrogens is 288 g/mol. The first kappa shape index (κ1) is 14.0. The molecule has 1 heterocycles. The maximum atomic E-state index is 6.23. The zero-order chi connectivity index (χ0) is 12.0. The normalized spacial score (nSPS) is 13.0. The van der Waals surface area contributed by atoms with Crippen LogP contribution in [0, 0.1) is 0 Å². The Morgan fingerprint density at radius 2 is 2.12 bits per heavy atom. The van der Waals surface area contributed by atoms with E-state index in [1.165, 1.54) is 5.69 Å². The molecule has 0 spiro atoms. The lowest BCUT2D eigenvalue weighted by molar-refractivity contribution is 0.558. The molecule has 1 aromatic rings. The van der Waals surface area contributed by atoms with E-state index in [0.29, 0.717) is 5.38 Å². The van der Waals surface area contributed by atoms with Crippen molar-refractivity contribution in [3.05, 3.63) is 16.4 Å². The summed E-state index contributed by atoms with van der Waals surface area (Å²) in [5.41, 5.74) is 1.28. The molecule has 4 heteroatoms. The third kappa shape index (κ3) is 4.10. The van der Waals surface area contributed by atoms with E-state index in [1.54, 1.807) is 0 Å². The number of aromatic nitrogens is 2. The zero-order valence-corrected chi connectivity index (χ0v) is 12.4. The first-order valence-electron chi connectivity index (χ1n) is 6.03. The molecule has 1 unspecified atom stereocenters. The third-order valence-electron chi connectivity index (χ3n) is 2.63. The van der Waals surface area contributed by atoms with E-state index in [0.717, 1.165) is 43.1 Å². The summed E-state index contributed by atoms with van der Waals surface area (Å²) in [6.07, 6.45) is 7.29. The Morgan fingerprint density at radius 1 is 1.38 bits per heavy atom. The van der Waals surface area contributed by atoms with Crippen LogP contribution in [-0.4, -0.2) is 15.2 Å². The predicted octanol–water partition coefficient (Wildman–Crippen LogP) is 4.40. The fraction of sp³-hybridized carbons (Fsp3) is 0.750. The third-order valence-corrected chi connectivity index (χ3v) is 3.73. The first-order valence-corrected chi connectivity index (χ1v) is 7.26. The van der Waals surface area contributed by atoms with Crippen LogP contribution in [0.1, 0.15) is 45.2 Å². The van der Waals surface area contributed by atoms with E-state index in [1.807, 2.05) is 6.20 Å². The minimum atomic E-state index is 0.293. The van der Waals surface area contributed by atoms with Gasteiger partial charge >= 0.3 is 0 Å². The molecule has 0 aliphatic carbocycles. The van der Waals surface area contributed by atoms with Gasteiger partial charge in [0.2, 0.25) is 0 Å². The summed E-state index contributed by atoms with van der Waals surface area (Å²) in [4.78, 5) is 0. The van der Waals surface area contributed by atoms with Crippen molar-refractivity contribution >= 4 is 27.5 Å². The molecule has 1 rings (SSSR count). The highest BCUT2D eigenvalue weighted by atomic mass is 79.9. The maximum absolute atomic E-state index is 6.23. The molecular formula is C12H20BrClN2. The average Bonchev–Trinajstić information content (AvgIpc) is 2.58. The highest BCUT2D eigenvalue weighted by molar-refractivity contribution is 9.10. The molecule has 2 nitrogen and oxygen atoms in total. The molecule has 1 atom stereocenters. The van der Waals surface area contributed by atoms with Crippen LogP contribution in [0.2, 0.25) is 0 Å². The monoisotopic (exact) mass is 306 g/mol. The Labute approximate surface area is 111 Å². The van der Waals surface area contributed by atoms with Crippen molar-refractivity contribution in [2.24, 2.45) is 0 Å². The van der Waals surface area contributed by atoms with E-state index in [2.05, 4.69) is 39.6 Å². The Bertz CT molecular complexity index is 312. The zero-order valence-electron chi connectivity index (χ0n) is 10.0. The average molecular weight is 308 g/mol. The molecule has 0 radical (unpaired) electrons. The second kappa shape index (κ2) is 7.33. The van der Waals surface area contributed by atoms with Gasteiger partial charge in [0.05, 0.1) is 16.4 Å². The lowest BCUT2D eigenvalue weighted by atomic mass is 10.1. The summed E-state index contributed by atoms with van der Waals surface area (Å²) in [6.45, 7) is 5.33. The minimum Gasteiger partial charge on any atom is -0.268 e. The van der Waals surface area contributed by atoms with Crippen molar-refractivity contribution in [3.8, 4) is 0 Å². The van der Waals surface area contributed by atoms with Crippen molar-refractivity contribution in [2.45, 2.75) is 57.9 Å². The molecule has 0 aliphatic rings. The smallest absolute Gasteiger partial charge is 0.0635 e. The molecule has 0 amide bonds. The highest BCUT2D eigenvalue weighted by Gasteiger charge is 2.10. The van der Waals surface area contributed by atoms with Crippen LogP contribution in [-0.2, 0) is 13.0 Å². The van der Waals surface area contributed by atoms with Crippen molar-refractivity contribution in [3.63, 3.8) is 0 Å². The Balaban J connectivity index is 2.54. The van der Waals surface area contributed by atoms with Crippen molar-refractivity contribution < 1.29 is 0 Å². The predicted molar refractivity (Wildman–Crippen MR) is 73.1 cm³/mol. The van der Waals surface area contributed by atoms with Gasteiger partial charge in [-0.25, -0.2) is 0 Å². The molecule has 0 bridgehead atoms. The topological polar surface area (TPSA) is 17.8 Å². The van der Waals surface area contributed by atoms with Crippen LogP contribution in [0.3, 0.4) is 0 Å². The number of alkyl halides is 1. The summed E-state index contributed by atoms with van der Waals surface area (Å²) in [7, 11) is 0. The Hall–Kier alpha value is -0.0200. The van der Waals surface area contributed by atoms with Crippen molar-refractivity contribution in [2.75, 3.05) is 0 Å². The number of nitrogens with zero attached hydrogens (tertiary/aromatic N) is 2. The Kier molecular flexibility index (Phi) is 6.44.